The fourth-order valence-corrected chi connectivity index (χ4v) is 5.33. The van der Waals surface area contributed by atoms with Crippen LogP contribution >= 0.6 is 0 Å². The highest BCUT2D eigenvalue weighted by molar-refractivity contribution is 6.74. The average Bonchev–Trinajstić information content (AvgIpc) is 2.83. The predicted octanol–water partition coefficient (Wildman–Crippen LogP) is 4.98. The average molecular weight is 512 g/mol. The topological polar surface area (TPSA) is 77.0 Å². The number of benzene rings is 2. The SMILES string of the molecule is CC(=O)N[C@@H]1[C@@H](OCc2ccccc2)[C@H](OCc2ccccc2)C(CO)=C[C@@H]1O[Si](C)(C)C(C)(C)C. The Hall–Kier alpha value is -2.29. The molecule has 6 nitrogen and oxygen atoms in total. The third-order valence-corrected chi connectivity index (χ3v) is 11.6. The van der Waals surface area contributed by atoms with Crippen molar-refractivity contribution in [3.05, 3.63) is 83.4 Å². The molecule has 0 unspecified atom stereocenters. The number of aliphatic hydroxyl groups is 1. The van der Waals surface area contributed by atoms with E-state index >= 15 is 0 Å². The van der Waals surface area contributed by atoms with Crippen LogP contribution in [-0.2, 0) is 31.9 Å². The van der Waals surface area contributed by atoms with Gasteiger partial charge in [0.1, 0.15) is 12.2 Å². The van der Waals surface area contributed by atoms with Crippen molar-refractivity contribution in [3.8, 4) is 0 Å². The molecule has 196 valence electrons. The quantitative estimate of drug-likeness (QED) is 0.347. The summed E-state index contributed by atoms with van der Waals surface area (Å²) < 4.78 is 19.7. The zero-order chi connectivity index (χ0) is 26.3. The smallest absolute Gasteiger partial charge is 0.217 e. The summed E-state index contributed by atoms with van der Waals surface area (Å²) in [6.07, 6.45) is 0.378. The van der Waals surface area contributed by atoms with Gasteiger partial charge >= 0.3 is 0 Å². The predicted molar refractivity (Wildman–Crippen MR) is 145 cm³/mol. The molecule has 1 aliphatic rings. The monoisotopic (exact) mass is 511 g/mol. The maximum Gasteiger partial charge on any atom is 0.217 e. The number of rotatable bonds is 10. The van der Waals surface area contributed by atoms with Gasteiger partial charge in [-0.2, -0.15) is 0 Å². The second kappa shape index (κ2) is 12.3. The number of aliphatic hydroxyl groups excluding tert-OH is 1. The lowest BCUT2D eigenvalue weighted by molar-refractivity contribution is -0.129. The van der Waals surface area contributed by atoms with E-state index in [1.165, 1.54) is 6.92 Å². The third kappa shape index (κ3) is 7.37. The highest BCUT2D eigenvalue weighted by atomic mass is 28.4. The molecule has 1 amide bonds. The number of nitrogens with one attached hydrogen (secondary N) is 1. The van der Waals surface area contributed by atoms with E-state index in [0.29, 0.717) is 18.8 Å². The molecular formula is C29H41NO5Si. The number of carbonyl (C=O) groups excluding carboxylic acids is 1. The van der Waals surface area contributed by atoms with E-state index in [4.69, 9.17) is 13.9 Å². The first kappa shape index (κ1) is 28.3. The van der Waals surface area contributed by atoms with Gasteiger partial charge < -0.3 is 24.3 Å². The Kier molecular flexibility index (Phi) is 9.66. The van der Waals surface area contributed by atoms with Gasteiger partial charge in [-0.1, -0.05) is 87.5 Å². The molecule has 2 aromatic rings. The van der Waals surface area contributed by atoms with Crippen LogP contribution in [-0.4, -0.2) is 50.3 Å². The summed E-state index contributed by atoms with van der Waals surface area (Å²) in [6, 6.07) is 19.3. The maximum absolute atomic E-state index is 12.4. The molecule has 2 N–H and O–H groups in total. The van der Waals surface area contributed by atoms with Crippen LogP contribution in [0.4, 0.5) is 0 Å². The lowest BCUT2D eigenvalue weighted by Gasteiger charge is -2.46. The fraction of sp³-hybridized carbons (Fsp3) is 0.483. The summed E-state index contributed by atoms with van der Waals surface area (Å²) in [4.78, 5) is 12.4. The maximum atomic E-state index is 12.4. The molecule has 4 atom stereocenters. The van der Waals surface area contributed by atoms with Crippen molar-refractivity contribution in [1.29, 1.82) is 0 Å². The summed E-state index contributed by atoms with van der Waals surface area (Å²) in [6.45, 7) is 12.9. The molecule has 0 saturated carbocycles. The number of amides is 1. The molecule has 3 rings (SSSR count). The summed E-state index contributed by atoms with van der Waals surface area (Å²) >= 11 is 0. The van der Waals surface area contributed by atoms with Crippen molar-refractivity contribution < 1.29 is 23.8 Å². The zero-order valence-corrected chi connectivity index (χ0v) is 23.4. The van der Waals surface area contributed by atoms with E-state index in [0.717, 1.165) is 11.1 Å². The zero-order valence-electron chi connectivity index (χ0n) is 22.4. The first-order chi connectivity index (χ1) is 17.0. The molecule has 1 aliphatic carbocycles. The minimum absolute atomic E-state index is 0.0258. The molecular weight excluding hydrogens is 470 g/mol. The van der Waals surface area contributed by atoms with Crippen molar-refractivity contribution in [2.75, 3.05) is 6.61 Å². The summed E-state index contributed by atoms with van der Waals surface area (Å²) in [5, 5.41) is 13.4. The molecule has 36 heavy (non-hydrogen) atoms. The molecule has 0 fully saturated rings. The molecule has 7 heteroatoms. The molecule has 0 heterocycles. The van der Waals surface area contributed by atoms with Crippen LogP contribution in [0.2, 0.25) is 18.1 Å². The van der Waals surface area contributed by atoms with Gasteiger partial charge in [-0.3, -0.25) is 4.79 Å². The van der Waals surface area contributed by atoms with E-state index in [9.17, 15) is 9.90 Å². The van der Waals surface area contributed by atoms with Gasteiger partial charge in [0.05, 0.1) is 32.0 Å². The molecule has 0 aliphatic heterocycles. The summed E-state index contributed by atoms with van der Waals surface area (Å²) in [7, 11) is -2.21. The van der Waals surface area contributed by atoms with Crippen molar-refractivity contribution >= 4 is 14.2 Å². The van der Waals surface area contributed by atoms with Crippen LogP contribution in [0.1, 0.15) is 38.8 Å². The number of hydrogen-bond acceptors (Lipinski definition) is 5. The van der Waals surface area contributed by atoms with Crippen LogP contribution in [0.5, 0.6) is 0 Å². The standard InChI is InChI=1S/C29H41NO5Si/c1-21(32)30-26-25(35-36(5,6)29(2,3)4)17-24(18-31)27(33-19-22-13-9-7-10-14-22)28(26)34-20-23-15-11-8-12-16-23/h7-17,25-28,31H,18-20H2,1-6H3,(H,30,32)/t25-,26-,27+,28+/m0/s1. The summed E-state index contributed by atoms with van der Waals surface area (Å²) in [5.74, 6) is -0.167. The first-order valence-electron chi connectivity index (χ1n) is 12.6. The molecule has 0 saturated heterocycles. The van der Waals surface area contributed by atoms with E-state index in [2.05, 4.69) is 39.2 Å². The van der Waals surface area contributed by atoms with E-state index in [1.807, 2.05) is 66.7 Å². The molecule has 0 bridgehead atoms. The van der Waals surface area contributed by atoms with Crippen molar-refractivity contribution in [1.82, 2.24) is 5.32 Å². The van der Waals surface area contributed by atoms with Gasteiger partial charge in [-0.15, -0.1) is 0 Å². The minimum atomic E-state index is -2.21. The second-order valence-electron chi connectivity index (χ2n) is 10.9. The molecule has 0 aromatic heterocycles. The Morgan fingerprint density at radius 1 is 0.944 bits per heavy atom. The Morgan fingerprint density at radius 2 is 1.47 bits per heavy atom. The van der Waals surface area contributed by atoms with Crippen molar-refractivity contribution in [3.63, 3.8) is 0 Å². The van der Waals surface area contributed by atoms with Gasteiger partial charge in [0.2, 0.25) is 5.91 Å². The lowest BCUT2D eigenvalue weighted by Crippen LogP contribution is -2.61. The number of hydrogen-bond donors (Lipinski definition) is 2. The van der Waals surface area contributed by atoms with E-state index in [1.54, 1.807) is 0 Å². The third-order valence-electron chi connectivity index (χ3n) is 7.10. The fourth-order valence-electron chi connectivity index (χ4n) is 4.08. The van der Waals surface area contributed by atoms with Gasteiger partial charge in [0.25, 0.3) is 0 Å². The molecule has 0 radical (unpaired) electrons. The van der Waals surface area contributed by atoms with E-state index < -0.39 is 32.7 Å². The van der Waals surface area contributed by atoms with Crippen LogP contribution in [0.25, 0.3) is 0 Å². The van der Waals surface area contributed by atoms with Crippen LogP contribution in [0.3, 0.4) is 0 Å². The van der Waals surface area contributed by atoms with Crippen LogP contribution < -0.4 is 5.32 Å². The highest BCUT2D eigenvalue weighted by Crippen LogP contribution is 2.39. The van der Waals surface area contributed by atoms with Gasteiger partial charge in [0.15, 0.2) is 8.32 Å². The van der Waals surface area contributed by atoms with Gasteiger partial charge in [0, 0.05) is 6.92 Å². The lowest BCUT2D eigenvalue weighted by atomic mass is 9.87. The minimum Gasteiger partial charge on any atom is -0.408 e. The van der Waals surface area contributed by atoms with Crippen molar-refractivity contribution in [2.45, 2.75) is 83.4 Å². The van der Waals surface area contributed by atoms with Gasteiger partial charge in [-0.25, -0.2) is 0 Å². The Morgan fingerprint density at radius 3 is 1.94 bits per heavy atom. The normalized spacial score (nSPS) is 22.7. The Balaban J connectivity index is 1.97. The Labute approximate surface area is 216 Å². The Bertz CT molecular complexity index is 1000. The number of carbonyl (C=O) groups is 1. The largest absolute Gasteiger partial charge is 0.408 e. The summed E-state index contributed by atoms with van der Waals surface area (Å²) in [5.41, 5.74) is 2.74. The molecule has 0 spiro atoms. The first-order valence-corrected chi connectivity index (χ1v) is 15.5. The van der Waals surface area contributed by atoms with E-state index in [-0.39, 0.29) is 17.6 Å². The van der Waals surface area contributed by atoms with Crippen LogP contribution in [0.15, 0.2) is 72.3 Å². The second-order valence-corrected chi connectivity index (χ2v) is 15.7. The van der Waals surface area contributed by atoms with Crippen molar-refractivity contribution in [2.24, 2.45) is 0 Å². The molecule has 2 aromatic carbocycles. The van der Waals surface area contributed by atoms with Gasteiger partial charge in [-0.05, 0) is 34.8 Å². The highest BCUT2D eigenvalue weighted by Gasteiger charge is 2.47. The van der Waals surface area contributed by atoms with Crippen LogP contribution in [0, 0.1) is 0 Å². The number of ether oxygens (including phenoxy) is 2.